The van der Waals surface area contributed by atoms with Crippen molar-refractivity contribution in [2.45, 2.75) is 50.7 Å². The lowest BCUT2D eigenvalue weighted by Gasteiger charge is -2.33. The Hall–Kier alpha value is -0.570. The highest BCUT2D eigenvalue weighted by Crippen LogP contribution is 2.30. The Kier molecular flexibility index (Phi) is 5.68. The fraction of sp³-hybridized carbons (Fsp3) is 0.625. The van der Waals surface area contributed by atoms with Gasteiger partial charge in [0.25, 0.3) is 0 Å². The van der Waals surface area contributed by atoms with Gasteiger partial charge in [0.05, 0.1) is 6.10 Å². The van der Waals surface area contributed by atoms with Crippen LogP contribution in [0.2, 0.25) is 5.02 Å². The summed E-state index contributed by atoms with van der Waals surface area (Å²) in [4.78, 5) is 0. The zero-order valence-electron chi connectivity index (χ0n) is 11.6. The average molecular weight is 282 g/mol. The van der Waals surface area contributed by atoms with Crippen LogP contribution in [0.3, 0.4) is 0 Å². The van der Waals surface area contributed by atoms with E-state index in [-0.39, 0.29) is 12.1 Å². The molecule has 1 saturated carbocycles. The summed E-state index contributed by atoms with van der Waals surface area (Å²) in [5.74, 6) is 0.608. The molecule has 1 aromatic carbocycles. The SMILES string of the molecule is COC(C(N)Cc1ccccc1Cl)C1CCCCC1. The Labute approximate surface area is 121 Å². The minimum absolute atomic E-state index is 0.0213. The molecule has 0 bridgehead atoms. The van der Waals surface area contributed by atoms with E-state index in [1.807, 2.05) is 18.2 Å². The van der Waals surface area contributed by atoms with Crippen molar-refractivity contribution in [2.75, 3.05) is 7.11 Å². The van der Waals surface area contributed by atoms with Gasteiger partial charge >= 0.3 is 0 Å². The summed E-state index contributed by atoms with van der Waals surface area (Å²) in [5.41, 5.74) is 7.50. The van der Waals surface area contributed by atoms with Crippen LogP contribution in [0, 0.1) is 5.92 Å². The molecule has 19 heavy (non-hydrogen) atoms. The van der Waals surface area contributed by atoms with E-state index in [0.717, 1.165) is 17.0 Å². The van der Waals surface area contributed by atoms with Gasteiger partial charge in [-0.2, -0.15) is 0 Å². The second kappa shape index (κ2) is 7.28. The zero-order chi connectivity index (χ0) is 13.7. The molecule has 0 aliphatic heterocycles. The third-order valence-electron chi connectivity index (χ3n) is 4.22. The monoisotopic (exact) mass is 281 g/mol. The first-order chi connectivity index (χ1) is 9.22. The lowest BCUT2D eigenvalue weighted by atomic mass is 9.81. The molecule has 2 N–H and O–H groups in total. The zero-order valence-corrected chi connectivity index (χ0v) is 12.4. The molecule has 0 radical (unpaired) electrons. The quantitative estimate of drug-likeness (QED) is 0.891. The molecule has 0 heterocycles. The maximum Gasteiger partial charge on any atom is 0.0753 e. The summed E-state index contributed by atoms with van der Waals surface area (Å²) in [7, 11) is 1.78. The first kappa shape index (κ1) is 14.8. The van der Waals surface area contributed by atoms with E-state index < -0.39 is 0 Å². The summed E-state index contributed by atoms with van der Waals surface area (Å²) in [6.45, 7) is 0. The smallest absolute Gasteiger partial charge is 0.0753 e. The lowest BCUT2D eigenvalue weighted by molar-refractivity contribution is 0.0179. The molecule has 0 amide bonds. The molecule has 0 spiro atoms. The number of benzene rings is 1. The van der Waals surface area contributed by atoms with Gasteiger partial charge in [-0.25, -0.2) is 0 Å². The molecule has 1 aliphatic rings. The number of halogens is 1. The Balaban J connectivity index is 2.00. The first-order valence-corrected chi connectivity index (χ1v) is 7.62. The van der Waals surface area contributed by atoms with Gasteiger partial charge in [-0.3, -0.25) is 0 Å². The summed E-state index contributed by atoms with van der Waals surface area (Å²) >= 11 is 6.21. The number of hydrogen-bond donors (Lipinski definition) is 1. The third kappa shape index (κ3) is 3.95. The molecule has 0 aromatic heterocycles. The number of methoxy groups -OCH3 is 1. The van der Waals surface area contributed by atoms with E-state index >= 15 is 0 Å². The van der Waals surface area contributed by atoms with Crippen LogP contribution in [0.5, 0.6) is 0 Å². The molecule has 2 rings (SSSR count). The van der Waals surface area contributed by atoms with Crippen LogP contribution in [0.4, 0.5) is 0 Å². The standard InChI is InChI=1S/C16H24ClNO/c1-19-16(12-7-3-2-4-8-12)15(18)11-13-9-5-6-10-14(13)17/h5-6,9-10,12,15-16H,2-4,7-8,11,18H2,1H3. The van der Waals surface area contributed by atoms with Gasteiger partial charge < -0.3 is 10.5 Å². The number of rotatable bonds is 5. The van der Waals surface area contributed by atoms with Gasteiger partial charge in [-0.1, -0.05) is 49.1 Å². The normalized spacial score (nSPS) is 20.2. The van der Waals surface area contributed by atoms with Crippen LogP contribution in [0.1, 0.15) is 37.7 Å². The van der Waals surface area contributed by atoms with Gasteiger partial charge in [0.2, 0.25) is 0 Å². The summed E-state index contributed by atoms with van der Waals surface area (Å²) in [6, 6.07) is 7.96. The molecule has 3 heteroatoms. The highest BCUT2D eigenvalue weighted by atomic mass is 35.5. The first-order valence-electron chi connectivity index (χ1n) is 7.24. The number of hydrogen-bond acceptors (Lipinski definition) is 2. The van der Waals surface area contributed by atoms with Crippen molar-refractivity contribution >= 4 is 11.6 Å². The predicted molar refractivity (Wildman–Crippen MR) is 80.5 cm³/mol. The average Bonchev–Trinajstić information content (AvgIpc) is 2.43. The Morgan fingerprint density at radius 3 is 2.58 bits per heavy atom. The third-order valence-corrected chi connectivity index (χ3v) is 4.59. The molecule has 106 valence electrons. The van der Waals surface area contributed by atoms with E-state index in [0.29, 0.717) is 5.92 Å². The van der Waals surface area contributed by atoms with Gasteiger partial charge in [0, 0.05) is 18.2 Å². The van der Waals surface area contributed by atoms with Crippen molar-refractivity contribution in [3.05, 3.63) is 34.9 Å². The van der Waals surface area contributed by atoms with Crippen LogP contribution >= 0.6 is 11.6 Å². The number of nitrogens with two attached hydrogens (primary N) is 1. The van der Waals surface area contributed by atoms with Gasteiger partial charge in [0.15, 0.2) is 0 Å². The molecule has 0 saturated heterocycles. The second-order valence-corrected chi connectivity index (χ2v) is 5.96. The van der Waals surface area contributed by atoms with Crippen LogP contribution < -0.4 is 5.73 Å². The van der Waals surface area contributed by atoms with Crippen molar-refractivity contribution in [2.24, 2.45) is 11.7 Å². The molecule has 2 atom stereocenters. The van der Waals surface area contributed by atoms with Crippen LogP contribution in [-0.2, 0) is 11.2 Å². The van der Waals surface area contributed by atoms with Crippen molar-refractivity contribution in [3.63, 3.8) is 0 Å². The van der Waals surface area contributed by atoms with Crippen LogP contribution in [0.25, 0.3) is 0 Å². The molecule has 2 nitrogen and oxygen atoms in total. The van der Waals surface area contributed by atoms with Gasteiger partial charge in [-0.15, -0.1) is 0 Å². The maximum absolute atomic E-state index is 6.38. The minimum Gasteiger partial charge on any atom is -0.380 e. The largest absolute Gasteiger partial charge is 0.380 e. The van der Waals surface area contributed by atoms with Crippen molar-refractivity contribution in [1.29, 1.82) is 0 Å². The summed E-state index contributed by atoms with van der Waals surface area (Å²) in [6.07, 6.45) is 7.40. The lowest BCUT2D eigenvalue weighted by Crippen LogP contribution is -2.43. The summed E-state index contributed by atoms with van der Waals surface area (Å²) < 4.78 is 5.70. The fourth-order valence-corrected chi connectivity index (χ4v) is 3.43. The van der Waals surface area contributed by atoms with E-state index in [4.69, 9.17) is 22.1 Å². The van der Waals surface area contributed by atoms with E-state index in [2.05, 4.69) is 6.07 Å². The van der Waals surface area contributed by atoms with E-state index in [1.54, 1.807) is 7.11 Å². The van der Waals surface area contributed by atoms with Gasteiger partial charge in [0.1, 0.15) is 0 Å². The fourth-order valence-electron chi connectivity index (χ4n) is 3.21. The predicted octanol–water partition coefficient (Wildman–Crippen LogP) is 3.81. The molecular formula is C16H24ClNO. The minimum atomic E-state index is 0.0213. The Morgan fingerprint density at radius 2 is 1.95 bits per heavy atom. The topological polar surface area (TPSA) is 35.2 Å². The van der Waals surface area contributed by atoms with Crippen LogP contribution in [0.15, 0.2) is 24.3 Å². The summed E-state index contributed by atoms with van der Waals surface area (Å²) in [5, 5.41) is 0.802. The molecule has 1 aliphatic carbocycles. The Bertz CT molecular complexity index is 390. The highest BCUT2D eigenvalue weighted by Gasteiger charge is 2.28. The van der Waals surface area contributed by atoms with E-state index in [9.17, 15) is 0 Å². The molecule has 2 unspecified atom stereocenters. The molecule has 1 fully saturated rings. The van der Waals surface area contributed by atoms with Crippen molar-refractivity contribution < 1.29 is 4.74 Å². The highest BCUT2D eigenvalue weighted by molar-refractivity contribution is 6.31. The molecular weight excluding hydrogens is 258 g/mol. The van der Waals surface area contributed by atoms with Crippen molar-refractivity contribution in [1.82, 2.24) is 0 Å². The second-order valence-electron chi connectivity index (χ2n) is 5.56. The van der Waals surface area contributed by atoms with Crippen molar-refractivity contribution in [3.8, 4) is 0 Å². The molecule has 1 aromatic rings. The Morgan fingerprint density at radius 1 is 1.26 bits per heavy atom. The van der Waals surface area contributed by atoms with E-state index in [1.165, 1.54) is 32.1 Å². The van der Waals surface area contributed by atoms with Crippen LogP contribution in [-0.4, -0.2) is 19.3 Å². The van der Waals surface area contributed by atoms with Gasteiger partial charge in [-0.05, 0) is 36.8 Å². The maximum atomic E-state index is 6.38. The number of ether oxygens (including phenoxy) is 1.